The first-order valence-corrected chi connectivity index (χ1v) is 17.0. The molecule has 0 bridgehead atoms. The van der Waals surface area contributed by atoms with Crippen molar-refractivity contribution in [2.45, 2.75) is 123 Å². The third kappa shape index (κ3) is 11.7. The zero-order chi connectivity index (χ0) is 34.0. The standard InChI is InChI=1S/C21H31N.C14H21N.3C2H6/c1-7-9-19-20(3,4)18(14-15-21(19,5)8-2)16-10-12-17(22-6)13-11-16;1-10(2)12(4)9-14-13(5)11(3)7-8-15(14)6;3*1-2/h9-14,22H,7-8,15H2,1-6H3;7,9H,1,8H2,2-6H3;3*1-2H3/b19-9-;12-9+;;;. The summed E-state index contributed by atoms with van der Waals surface area (Å²) in [5, 5.41) is 3.20. The first-order valence-electron chi connectivity index (χ1n) is 17.0. The highest BCUT2D eigenvalue weighted by atomic mass is 15.1. The van der Waals surface area contributed by atoms with E-state index in [1.54, 1.807) is 5.57 Å². The van der Waals surface area contributed by atoms with Gasteiger partial charge in [0.1, 0.15) is 0 Å². The zero-order valence-electron chi connectivity index (χ0n) is 31.6. The van der Waals surface area contributed by atoms with Crippen LogP contribution in [0.25, 0.3) is 5.57 Å². The Morgan fingerprint density at radius 3 is 1.91 bits per heavy atom. The van der Waals surface area contributed by atoms with Crippen molar-refractivity contribution in [2.75, 3.05) is 26.0 Å². The minimum absolute atomic E-state index is 0.0974. The number of likely N-dealkylation sites (N-methyl/N-ethyl adjacent to an activating group) is 1. The van der Waals surface area contributed by atoms with E-state index in [2.05, 4.69) is 128 Å². The lowest BCUT2D eigenvalue weighted by molar-refractivity contribution is 0.310. The Hall–Kier alpha value is -2.74. The van der Waals surface area contributed by atoms with E-state index in [0.717, 1.165) is 25.0 Å². The first-order chi connectivity index (χ1) is 20.3. The normalized spacial score (nSPS) is 20.0. The van der Waals surface area contributed by atoms with E-state index < -0.39 is 0 Å². The van der Waals surface area contributed by atoms with E-state index in [4.69, 9.17) is 0 Å². The number of benzene rings is 1. The number of allylic oxidation sites excluding steroid dienone is 9. The maximum absolute atomic E-state index is 3.97. The van der Waals surface area contributed by atoms with Gasteiger partial charge in [-0.2, -0.15) is 0 Å². The second kappa shape index (κ2) is 21.0. The fraction of sp³-hybridized carbons (Fsp3) is 0.561. The number of nitrogens with zero attached hydrogens (tertiary/aromatic N) is 1. The van der Waals surface area contributed by atoms with Gasteiger partial charge in [-0.1, -0.05) is 124 Å². The maximum Gasteiger partial charge on any atom is 0.0401 e. The van der Waals surface area contributed by atoms with Gasteiger partial charge >= 0.3 is 0 Å². The quantitative estimate of drug-likeness (QED) is 0.262. The van der Waals surface area contributed by atoms with E-state index in [-0.39, 0.29) is 5.41 Å². The van der Waals surface area contributed by atoms with E-state index in [1.807, 2.05) is 55.5 Å². The Labute approximate surface area is 269 Å². The van der Waals surface area contributed by atoms with Crippen molar-refractivity contribution in [3.63, 3.8) is 0 Å². The molecule has 0 amide bonds. The summed E-state index contributed by atoms with van der Waals surface area (Å²) in [6.45, 7) is 37.2. The minimum atomic E-state index is 0.0974. The van der Waals surface area contributed by atoms with Crippen LogP contribution < -0.4 is 5.32 Å². The van der Waals surface area contributed by atoms with Crippen molar-refractivity contribution >= 4 is 11.3 Å². The van der Waals surface area contributed by atoms with Gasteiger partial charge in [-0.3, -0.25) is 0 Å². The van der Waals surface area contributed by atoms with Crippen LogP contribution in [0.2, 0.25) is 0 Å². The Morgan fingerprint density at radius 1 is 0.930 bits per heavy atom. The molecule has 0 fully saturated rings. The molecule has 43 heavy (non-hydrogen) atoms. The third-order valence-corrected chi connectivity index (χ3v) is 8.51. The predicted molar refractivity (Wildman–Crippen MR) is 201 cm³/mol. The van der Waals surface area contributed by atoms with E-state index in [9.17, 15) is 0 Å². The lowest BCUT2D eigenvalue weighted by atomic mass is 9.58. The van der Waals surface area contributed by atoms with Crippen LogP contribution in [-0.2, 0) is 0 Å². The molecule has 1 heterocycles. The molecule has 0 saturated heterocycles. The minimum Gasteiger partial charge on any atom is -0.388 e. The molecular formula is C41H70N2. The van der Waals surface area contributed by atoms with E-state index in [0.29, 0.717) is 5.41 Å². The van der Waals surface area contributed by atoms with Crippen LogP contribution >= 0.6 is 0 Å². The van der Waals surface area contributed by atoms with Crippen LogP contribution in [0.1, 0.15) is 129 Å². The van der Waals surface area contributed by atoms with Crippen LogP contribution in [0.5, 0.6) is 0 Å². The van der Waals surface area contributed by atoms with Gasteiger partial charge in [0, 0.05) is 37.4 Å². The third-order valence-electron chi connectivity index (χ3n) is 8.51. The molecule has 1 N–H and O–H groups in total. The summed E-state index contributed by atoms with van der Waals surface area (Å²) in [5.41, 5.74) is 12.5. The van der Waals surface area contributed by atoms with E-state index >= 15 is 0 Å². The molecular weight excluding hydrogens is 520 g/mol. The summed E-state index contributed by atoms with van der Waals surface area (Å²) in [6.07, 6.45) is 12.9. The second-order valence-corrected chi connectivity index (χ2v) is 11.6. The second-order valence-electron chi connectivity index (χ2n) is 11.6. The zero-order valence-corrected chi connectivity index (χ0v) is 31.6. The van der Waals surface area contributed by atoms with Crippen molar-refractivity contribution in [1.82, 2.24) is 4.90 Å². The molecule has 0 aromatic heterocycles. The van der Waals surface area contributed by atoms with Gasteiger partial charge in [0.15, 0.2) is 0 Å². The molecule has 1 unspecified atom stereocenters. The van der Waals surface area contributed by atoms with Crippen molar-refractivity contribution in [3.05, 3.63) is 94.3 Å². The monoisotopic (exact) mass is 591 g/mol. The van der Waals surface area contributed by atoms with Crippen LogP contribution in [0.3, 0.4) is 0 Å². The maximum atomic E-state index is 3.97. The molecule has 1 aliphatic heterocycles. The molecule has 0 saturated carbocycles. The van der Waals surface area contributed by atoms with Crippen molar-refractivity contribution in [3.8, 4) is 0 Å². The Bertz CT molecular complexity index is 1120. The summed E-state index contributed by atoms with van der Waals surface area (Å²) in [7, 11) is 4.09. The predicted octanol–water partition coefficient (Wildman–Crippen LogP) is 13.0. The van der Waals surface area contributed by atoms with Crippen molar-refractivity contribution in [2.24, 2.45) is 10.8 Å². The molecule has 1 aromatic carbocycles. The lowest BCUT2D eigenvalue weighted by Crippen LogP contribution is -2.33. The Kier molecular flexibility index (Phi) is 20.7. The van der Waals surface area contributed by atoms with Crippen molar-refractivity contribution in [1.29, 1.82) is 0 Å². The van der Waals surface area contributed by atoms with Gasteiger partial charge in [0.05, 0.1) is 0 Å². The largest absolute Gasteiger partial charge is 0.388 e. The number of nitrogens with one attached hydrogen (secondary N) is 1. The molecule has 244 valence electrons. The van der Waals surface area contributed by atoms with Gasteiger partial charge in [0.25, 0.3) is 0 Å². The molecule has 2 aliphatic rings. The summed E-state index contributed by atoms with van der Waals surface area (Å²) in [6, 6.07) is 8.83. The Morgan fingerprint density at radius 2 is 1.47 bits per heavy atom. The van der Waals surface area contributed by atoms with Gasteiger partial charge in [-0.25, -0.2) is 0 Å². The summed E-state index contributed by atoms with van der Waals surface area (Å²) < 4.78 is 0. The average Bonchev–Trinajstić information content (AvgIpc) is 3.02. The number of anilines is 1. The average molecular weight is 591 g/mol. The van der Waals surface area contributed by atoms with Crippen LogP contribution in [0.15, 0.2) is 88.7 Å². The SMILES string of the molecule is C=C(C)/C(C)=C/C1=C(C)C(C)=CCN1C.CC.CC.CC.CC/C=C1\C(C)(CC)CC=C(c2ccc(NC)cc2)C1(C)C. The fourth-order valence-corrected chi connectivity index (χ4v) is 5.49. The van der Waals surface area contributed by atoms with Crippen LogP contribution in [0, 0.1) is 10.8 Å². The highest BCUT2D eigenvalue weighted by molar-refractivity contribution is 5.75. The topological polar surface area (TPSA) is 15.3 Å². The van der Waals surface area contributed by atoms with Gasteiger partial charge < -0.3 is 10.2 Å². The molecule has 3 rings (SSSR count). The molecule has 0 spiro atoms. The molecule has 2 heteroatoms. The molecule has 2 nitrogen and oxygen atoms in total. The lowest BCUT2D eigenvalue weighted by Gasteiger charge is -2.46. The fourth-order valence-electron chi connectivity index (χ4n) is 5.49. The summed E-state index contributed by atoms with van der Waals surface area (Å²) in [4.78, 5) is 2.27. The first kappa shape index (κ1) is 42.4. The molecule has 0 radical (unpaired) electrons. The molecule has 1 aliphatic carbocycles. The van der Waals surface area contributed by atoms with Crippen LogP contribution in [-0.4, -0.2) is 25.5 Å². The van der Waals surface area contributed by atoms with Crippen molar-refractivity contribution < 1.29 is 0 Å². The number of hydrogen-bond donors (Lipinski definition) is 1. The smallest absolute Gasteiger partial charge is 0.0401 e. The van der Waals surface area contributed by atoms with Gasteiger partial charge in [0.2, 0.25) is 0 Å². The molecule has 1 atom stereocenters. The highest BCUT2D eigenvalue weighted by Gasteiger charge is 2.41. The number of rotatable bonds is 6. The summed E-state index contributed by atoms with van der Waals surface area (Å²) in [5.74, 6) is 0. The van der Waals surface area contributed by atoms with Gasteiger partial charge in [-0.15, -0.1) is 0 Å². The number of hydrogen-bond acceptors (Lipinski definition) is 2. The van der Waals surface area contributed by atoms with Gasteiger partial charge in [-0.05, 0) is 98.4 Å². The Balaban J connectivity index is 0. The summed E-state index contributed by atoms with van der Waals surface area (Å²) >= 11 is 0. The molecule has 1 aromatic rings. The van der Waals surface area contributed by atoms with Crippen LogP contribution in [0.4, 0.5) is 5.69 Å². The van der Waals surface area contributed by atoms with E-state index in [1.165, 1.54) is 45.7 Å². The highest BCUT2D eigenvalue weighted by Crippen LogP contribution is 2.55.